The SMILES string of the molecule is CCC(C(=O)NC)N(Cc1ccccc1)C(=O)CN(c1cc(OC)ccc1OC)S(C)(=O)=O. The van der Waals surface area contributed by atoms with E-state index in [1.165, 1.54) is 32.2 Å². The molecule has 2 aromatic carbocycles. The van der Waals surface area contributed by atoms with Crippen LogP contribution in [-0.4, -0.2) is 65.2 Å². The lowest BCUT2D eigenvalue weighted by Crippen LogP contribution is -2.51. The zero-order valence-corrected chi connectivity index (χ0v) is 20.4. The average molecular weight is 478 g/mol. The summed E-state index contributed by atoms with van der Waals surface area (Å²) in [5.41, 5.74) is 0.985. The highest BCUT2D eigenvalue weighted by Crippen LogP contribution is 2.34. The molecule has 0 radical (unpaired) electrons. The molecule has 2 amide bonds. The summed E-state index contributed by atoms with van der Waals surface area (Å²) in [6.07, 6.45) is 1.37. The number of benzene rings is 2. The van der Waals surface area contributed by atoms with Crippen LogP contribution in [0.25, 0.3) is 0 Å². The molecule has 33 heavy (non-hydrogen) atoms. The number of likely N-dealkylation sites (N-methyl/N-ethyl adjacent to an activating group) is 1. The minimum absolute atomic E-state index is 0.151. The molecule has 0 spiro atoms. The van der Waals surface area contributed by atoms with Crippen LogP contribution in [0.3, 0.4) is 0 Å². The smallest absolute Gasteiger partial charge is 0.244 e. The monoisotopic (exact) mass is 477 g/mol. The van der Waals surface area contributed by atoms with Gasteiger partial charge in [-0.3, -0.25) is 13.9 Å². The molecule has 0 heterocycles. The second-order valence-corrected chi connectivity index (χ2v) is 9.26. The number of ether oxygens (including phenoxy) is 2. The van der Waals surface area contributed by atoms with Gasteiger partial charge in [-0.1, -0.05) is 37.3 Å². The fourth-order valence-corrected chi connectivity index (χ4v) is 4.30. The number of methoxy groups -OCH3 is 2. The van der Waals surface area contributed by atoms with Gasteiger partial charge in [-0.15, -0.1) is 0 Å². The lowest BCUT2D eigenvalue weighted by atomic mass is 10.1. The van der Waals surface area contributed by atoms with Crippen LogP contribution >= 0.6 is 0 Å². The molecule has 0 aliphatic rings. The first-order valence-corrected chi connectivity index (χ1v) is 12.3. The predicted octanol–water partition coefficient (Wildman–Crippen LogP) is 2.02. The Kier molecular flexibility index (Phi) is 9.10. The molecule has 0 saturated carbocycles. The molecule has 2 aromatic rings. The topological polar surface area (TPSA) is 105 Å². The minimum Gasteiger partial charge on any atom is -0.497 e. The van der Waals surface area contributed by atoms with Gasteiger partial charge in [0.2, 0.25) is 21.8 Å². The number of hydrogen-bond acceptors (Lipinski definition) is 6. The third-order valence-corrected chi connectivity index (χ3v) is 6.29. The van der Waals surface area contributed by atoms with E-state index in [-0.39, 0.29) is 23.9 Å². The van der Waals surface area contributed by atoms with Gasteiger partial charge in [0, 0.05) is 19.7 Å². The molecule has 0 aromatic heterocycles. The van der Waals surface area contributed by atoms with Crippen molar-refractivity contribution < 1.29 is 27.5 Å². The maximum atomic E-state index is 13.5. The van der Waals surface area contributed by atoms with Crippen LogP contribution in [0.2, 0.25) is 0 Å². The standard InChI is InChI=1S/C23H31N3O6S/c1-6-19(23(28)24-2)25(15-17-10-8-7-9-11-17)22(27)16-26(33(5,29)30)20-14-18(31-3)12-13-21(20)32-4/h7-14,19H,6,15-16H2,1-5H3,(H,24,28). The molecule has 0 saturated heterocycles. The van der Waals surface area contributed by atoms with Gasteiger partial charge in [0.1, 0.15) is 24.1 Å². The average Bonchev–Trinajstić information content (AvgIpc) is 2.81. The Morgan fingerprint density at radius 3 is 2.24 bits per heavy atom. The molecule has 0 aliphatic carbocycles. The summed E-state index contributed by atoms with van der Waals surface area (Å²) in [5, 5.41) is 2.58. The number of carbonyl (C=O) groups is 2. The first kappa shape index (κ1) is 26.0. The summed E-state index contributed by atoms with van der Waals surface area (Å²) < 4.78 is 37.0. The van der Waals surface area contributed by atoms with Gasteiger partial charge in [0.25, 0.3) is 0 Å². The van der Waals surface area contributed by atoms with E-state index < -0.39 is 28.5 Å². The number of sulfonamides is 1. The summed E-state index contributed by atoms with van der Waals surface area (Å²) in [6, 6.07) is 13.1. The molecule has 2 rings (SSSR count). The first-order valence-electron chi connectivity index (χ1n) is 10.4. The molecule has 180 valence electrons. The van der Waals surface area contributed by atoms with E-state index in [1.807, 2.05) is 30.3 Å². The Bertz CT molecular complexity index is 1060. The highest BCUT2D eigenvalue weighted by molar-refractivity contribution is 7.92. The van der Waals surface area contributed by atoms with Gasteiger partial charge in [-0.2, -0.15) is 0 Å². The molecular weight excluding hydrogens is 446 g/mol. The second-order valence-electron chi connectivity index (χ2n) is 7.35. The molecule has 0 bridgehead atoms. The van der Waals surface area contributed by atoms with Crippen molar-refractivity contribution in [1.29, 1.82) is 0 Å². The predicted molar refractivity (Wildman–Crippen MR) is 127 cm³/mol. The van der Waals surface area contributed by atoms with Gasteiger partial charge < -0.3 is 19.7 Å². The van der Waals surface area contributed by atoms with Crippen LogP contribution in [0.1, 0.15) is 18.9 Å². The molecule has 10 heteroatoms. The molecule has 0 fully saturated rings. The quantitative estimate of drug-likeness (QED) is 0.531. The Hall–Kier alpha value is -3.27. The number of nitrogens with one attached hydrogen (secondary N) is 1. The molecule has 1 N–H and O–H groups in total. The fourth-order valence-electron chi connectivity index (χ4n) is 3.45. The number of amides is 2. The van der Waals surface area contributed by atoms with Crippen LogP contribution in [0.15, 0.2) is 48.5 Å². The summed E-state index contributed by atoms with van der Waals surface area (Å²) in [6.45, 7) is 1.44. The number of anilines is 1. The van der Waals surface area contributed by atoms with Crippen molar-refractivity contribution >= 4 is 27.5 Å². The number of carbonyl (C=O) groups excluding carboxylic acids is 2. The minimum atomic E-state index is -3.89. The van der Waals surface area contributed by atoms with Crippen molar-refractivity contribution in [3.63, 3.8) is 0 Å². The fraction of sp³-hybridized carbons (Fsp3) is 0.391. The van der Waals surface area contributed by atoms with Crippen molar-refractivity contribution in [2.75, 3.05) is 38.4 Å². The zero-order chi connectivity index (χ0) is 24.6. The maximum absolute atomic E-state index is 13.5. The zero-order valence-electron chi connectivity index (χ0n) is 19.6. The maximum Gasteiger partial charge on any atom is 0.244 e. The number of hydrogen-bond donors (Lipinski definition) is 1. The van der Waals surface area contributed by atoms with E-state index in [2.05, 4.69) is 5.32 Å². The van der Waals surface area contributed by atoms with Crippen LogP contribution in [-0.2, 0) is 26.2 Å². The summed E-state index contributed by atoms with van der Waals surface area (Å²) in [4.78, 5) is 27.5. The highest BCUT2D eigenvalue weighted by atomic mass is 32.2. The number of nitrogens with zero attached hydrogens (tertiary/aromatic N) is 2. The Labute approximate surface area is 195 Å². The molecule has 1 atom stereocenters. The largest absolute Gasteiger partial charge is 0.497 e. The van der Waals surface area contributed by atoms with Crippen LogP contribution in [0, 0.1) is 0 Å². The van der Waals surface area contributed by atoms with E-state index in [4.69, 9.17) is 9.47 Å². The van der Waals surface area contributed by atoms with Crippen molar-refractivity contribution in [1.82, 2.24) is 10.2 Å². The normalized spacial score (nSPS) is 11.9. The molecule has 0 aliphatic heterocycles. The third kappa shape index (κ3) is 6.61. The van der Waals surface area contributed by atoms with Gasteiger partial charge in [0.05, 0.1) is 26.2 Å². The summed E-state index contributed by atoms with van der Waals surface area (Å²) in [7, 11) is 0.482. The van der Waals surface area contributed by atoms with E-state index in [1.54, 1.807) is 19.1 Å². The van der Waals surface area contributed by atoms with E-state index in [0.717, 1.165) is 16.1 Å². The lowest BCUT2D eigenvalue weighted by Gasteiger charge is -2.32. The first-order chi connectivity index (χ1) is 15.7. The number of rotatable bonds is 11. The third-order valence-electron chi connectivity index (χ3n) is 5.16. The van der Waals surface area contributed by atoms with Crippen LogP contribution < -0.4 is 19.1 Å². The van der Waals surface area contributed by atoms with Crippen molar-refractivity contribution in [2.24, 2.45) is 0 Å². The van der Waals surface area contributed by atoms with Gasteiger partial charge >= 0.3 is 0 Å². The van der Waals surface area contributed by atoms with Crippen LogP contribution in [0.4, 0.5) is 5.69 Å². The Morgan fingerprint density at radius 1 is 1.06 bits per heavy atom. The van der Waals surface area contributed by atoms with E-state index >= 15 is 0 Å². The Morgan fingerprint density at radius 2 is 1.73 bits per heavy atom. The molecule has 1 unspecified atom stereocenters. The van der Waals surface area contributed by atoms with Gasteiger partial charge in [-0.05, 0) is 24.1 Å². The highest BCUT2D eigenvalue weighted by Gasteiger charge is 2.32. The lowest BCUT2D eigenvalue weighted by molar-refractivity contribution is -0.140. The summed E-state index contributed by atoms with van der Waals surface area (Å²) in [5.74, 6) is -0.178. The Balaban J connectivity index is 2.50. The molecule has 9 nitrogen and oxygen atoms in total. The van der Waals surface area contributed by atoms with Gasteiger partial charge in [-0.25, -0.2) is 8.42 Å². The van der Waals surface area contributed by atoms with E-state index in [9.17, 15) is 18.0 Å². The van der Waals surface area contributed by atoms with E-state index in [0.29, 0.717) is 12.2 Å². The van der Waals surface area contributed by atoms with Crippen LogP contribution in [0.5, 0.6) is 11.5 Å². The molecular formula is C23H31N3O6S. The van der Waals surface area contributed by atoms with Gasteiger partial charge in [0.15, 0.2) is 0 Å². The van der Waals surface area contributed by atoms with Crippen molar-refractivity contribution in [2.45, 2.75) is 25.9 Å². The summed E-state index contributed by atoms with van der Waals surface area (Å²) >= 11 is 0. The van der Waals surface area contributed by atoms with Crippen molar-refractivity contribution in [3.8, 4) is 11.5 Å². The second kappa shape index (κ2) is 11.6. The van der Waals surface area contributed by atoms with Crippen molar-refractivity contribution in [3.05, 3.63) is 54.1 Å².